The maximum Gasteiger partial charge on any atom is 0.435 e. The smallest absolute Gasteiger partial charge is 0.435 e. The van der Waals surface area contributed by atoms with Crippen molar-refractivity contribution in [2.75, 3.05) is 64.2 Å². The van der Waals surface area contributed by atoms with Crippen molar-refractivity contribution in [2.45, 2.75) is 38.3 Å². The van der Waals surface area contributed by atoms with E-state index in [1.165, 1.54) is 35.9 Å². The Hall–Kier alpha value is -6.32. The molecule has 6 heterocycles. The van der Waals surface area contributed by atoms with Crippen LogP contribution in [0.1, 0.15) is 58.0 Å². The summed E-state index contributed by atoms with van der Waals surface area (Å²) < 4.78 is 45.7. The van der Waals surface area contributed by atoms with Crippen LogP contribution in [0.15, 0.2) is 48.8 Å². The molecular weight excluding hydrogens is 849 g/mol. The topological polar surface area (TPSA) is 240 Å². The van der Waals surface area contributed by atoms with E-state index in [1.54, 1.807) is 21.9 Å². The van der Waals surface area contributed by atoms with Gasteiger partial charge in [0.15, 0.2) is 23.9 Å². The van der Waals surface area contributed by atoms with Crippen LogP contribution in [-0.4, -0.2) is 137 Å². The van der Waals surface area contributed by atoms with Gasteiger partial charge in [0.2, 0.25) is 11.8 Å². The van der Waals surface area contributed by atoms with Crippen LogP contribution in [0, 0.1) is 5.92 Å². The summed E-state index contributed by atoms with van der Waals surface area (Å²) in [5.41, 5.74) is 11.4. The van der Waals surface area contributed by atoms with Crippen LogP contribution in [0.3, 0.4) is 0 Å². The van der Waals surface area contributed by atoms with Gasteiger partial charge in [-0.25, -0.2) is 19.4 Å². The summed E-state index contributed by atoms with van der Waals surface area (Å²) in [6, 6.07) is 9.12. The highest BCUT2D eigenvalue weighted by atomic mass is 35.5. The Morgan fingerprint density at radius 3 is 2.40 bits per heavy atom. The number of primary amides is 1. The van der Waals surface area contributed by atoms with Crippen LogP contribution < -0.4 is 16.8 Å². The molecule has 0 aliphatic carbocycles. The van der Waals surface area contributed by atoms with Crippen LogP contribution in [0.2, 0.25) is 5.02 Å². The number of carboxylic acid groups (broad SMARTS) is 1. The largest absolute Gasteiger partial charge is 0.477 e. The number of quaternary nitrogens is 1. The molecule has 2 aliphatic heterocycles. The molecule has 0 atom stereocenters. The minimum Gasteiger partial charge on any atom is -0.477 e. The molecule has 4 amide bonds. The number of likely N-dealkylation sites (tertiary alicyclic amines) is 1. The normalized spacial score (nSPS) is 18.2. The summed E-state index contributed by atoms with van der Waals surface area (Å²) in [6.45, 7) is 3.52. The van der Waals surface area contributed by atoms with E-state index in [-0.39, 0.29) is 83.0 Å². The SMILES string of the molecule is Cn1c(-c2cn(-c3ccc4[nH]c(CCC(N)=O)cc4n3)nc2C(F)(F)F)cnc1C(=O)Nc1ccc(C(=O)N2CCN(C(=O)C3CC[N+](CCCN)(CC(=O)O)CC3)CC2)c(Cl)c1. The first kappa shape index (κ1) is 44.7. The zero-order chi connectivity index (χ0) is 45.2. The molecule has 2 saturated heterocycles. The number of imidazole rings is 1. The average Bonchev–Trinajstić information content (AvgIpc) is 3.98. The van der Waals surface area contributed by atoms with E-state index in [9.17, 15) is 42.3 Å². The van der Waals surface area contributed by atoms with Gasteiger partial charge in [-0.3, -0.25) is 19.2 Å². The van der Waals surface area contributed by atoms with Crippen molar-refractivity contribution >= 4 is 57.9 Å². The zero-order valence-electron chi connectivity index (χ0n) is 34.3. The summed E-state index contributed by atoms with van der Waals surface area (Å²) in [5.74, 6) is -2.81. The van der Waals surface area contributed by atoms with E-state index >= 15 is 0 Å². The average molecular weight is 896 g/mol. The number of carbonyl (C=O) groups is 5. The molecule has 63 heavy (non-hydrogen) atoms. The summed E-state index contributed by atoms with van der Waals surface area (Å²) >= 11 is 6.56. The van der Waals surface area contributed by atoms with Crippen molar-refractivity contribution in [3.05, 3.63) is 76.6 Å². The summed E-state index contributed by atoms with van der Waals surface area (Å²) in [6.07, 6.45) is -0.287. The lowest BCUT2D eigenvalue weighted by molar-refractivity contribution is -0.926. The van der Waals surface area contributed by atoms with Crippen molar-refractivity contribution in [3.8, 4) is 17.1 Å². The molecule has 2 fully saturated rings. The summed E-state index contributed by atoms with van der Waals surface area (Å²) in [5, 5.41) is 16.0. The highest BCUT2D eigenvalue weighted by molar-refractivity contribution is 6.34. The Morgan fingerprint density at radius 2 is 1.75 bits per heavy atom. The predicted octanol–water partition coefficient (Wildman–Crippen LogP) is 3.44. The first-order chi connectivity index (χ1) is 29.9. The molecule has 18 nitrogen and oxygen atoms in total. The number of aliphatic carboxylic acids is 1. The van der Waals surface area contributed by atoms with Gasteiger partial charge in [-0.1, -0.05) is 11.6 Å². The molecule has 7 N–H and O–H groups in total. The number of H-pyrrole nitrogens is 1. The molecule has 22 heteroatoms. The number of rotatable bonds is 14. The van der Waals surface area contributed by atoms with E-state index in [2.05, 4.69) is 25.4 Å². The summed E-state index contributed by atoms with van der Waals surface area (Å²) in [4.78, 5) is 78.2. The molecular formula is C41H47ClF3N12O6+. The molecule has 0 saturated carbocycles. The zero-order valence-corrected chi connectivity index (χ0v) is 35.1. The van der Waals surface area contributed by atoms with E-state index < -0.39 is 29.7 Å². The molecule has 334 valence electrons. The molecule has 1 aromatic carbocycles. The molecule has 7 rings (SSSR count). The number of aryl methyl sites for hydroxylation is 1. The first-order valence-corrected chi connectivity index (χ1v) is 20.8. The Bertz CT molecular complexity index is 2550. The van der Waals surface area contributed by atoms with Crippen LogP contribution in [-0.2, 0) is 34.0 Å². The monoisotopic (exact) mass is 895 g/mol. The Labute approximate surface area is 363 Å². The van der Waals surface area contributed by atoms with Crippen molar-refractivity contribution < 1.29 is 46.7 Å². The highest BCUT2D eigenvalue weighted by Gasteiger charge is 2.41. The minimum atomic E-state index is -4.88. The number of hydrogen-bond acceptors (Lipinski definition) is 9. The fourth-order valence-corrected chi connectivity index (χ4v) is 8.64. The number of halogens is 4. The number of benzene rings is 1. The first-order valence-electron chi connectivity index (χ1n) is 20.4. The Kier molecular flexibility index (Phi) is 12.9. The minimum absolute atomic E-state index is 0.000661. The summed E-state index contributed by atoms with van der Waals surface area (Å²) in [7, 11) is 1.39. The lowest BCUT2D eigenvalue weighted by Crippen LogP contribution is -2.58. The van der Waals surface area contributed by atoms with E-state index in [0.29, 0.717) is 86.2 Å². The van der Waals surface area contributed by atoms with Crippen molar-refractivity contribution in [1.82, 2.24) is 39.1 Å². The van der Waals surface area contributed by atoms with Crippen molar-refractivity contribution in [3.63, 3.8) is 0 Å². The van der Waals surface area contributed by atoms with Crippen molar-refractivity contribution in [1.29, 1.82) is 0 Å². The van der Waals surface area contributed by atoms with Gasteiger partial charge in [-0.05, 0) is 49.4 Å². The number of alkyl halides is 3. The molecule has 0 spiro atoms. The number of piperidine rings is 1. The van der Waals surface area contributed by atoms with Crippen LogP contribution in [0.4, 0.5) is 18.9 Å². The number of aromatic amines is 1. The molecule has 2 aliphatic rings. The highest BCUT2D eigenvalue weighted by Crippen LogP contribution is 2.37. The maximum absolute atomic E-state index is 14.4. The third-order valence-corrected chi connectivity index (χ3v) is 12.1. The third kappa shape index (κ3) is 9.84. The number of amides is 4. The number of fused-ring (bicyclic) bond motifs is 1. The van der Waals surface area contributed by atoms with Gasteiger partial charge in [0.05, 0.1) is 58.7 Å². The second-order valence-electron chi connectivity index (χ2n) is 16.0. The number of nitrogens with one attached hydrogen (secondary N) is 2. The van der Waals surface area contributed by atoms with Crippen LogP contribution >= 0.6 is 11.6 Å². The second kappa shape index (κ2) is 18.2. The van der Waals surface area contributed by atoms with Gasteiger partial charge in [0, 0.05) is 82.4 Å². The number of hydrogen-bond donors (Lipinski definition) is 5. The molecule has 5 aromatic rings. The van der Waals surface area contributed by atoms with E-state index in [4.69, 9.17) is 23.1 Å². The number of pyridine rings is 1. The number of aromatic nitrogens is 6. The van der Waals surface area contributed by atoms with Gasteiger partial charge in [-0.15, -0.1) is 0 Å². The molecule has 0 bridgehead atoms. The molecule has 0 radical (unpaired) electrons. The lowest BCUT2D eigenvalue weighted by Gasteiger charge is -2.44. The number of piperazine rings is 1. The molecule has 0 unspecified atom stereocenters. The fraction of sp³-hybridized carbons (Fsp3) is 0.415. The van der Waals surface area contributed by atoms with Gasteiger partial charge in [0.1, 0.15) is 0 Å². The number of anilines is 1. The number of nitrogens with two attached hydrogens (primary N) is 2. The molecule has 4 aromatic heterocycles. The third-order valence-electron chi connectivity index (χ3n) is 11.7. The van der Waals surface area contributed by atoms with E-state index in [1.807, 2.05) is 0 Å². The van der Waals surface area contributed by atoms with Gasteiger partial charge in [0.25, 0.3) is 11.8 Å². The van der Waals surface area contributed by atoms with Crippen LogP contribution in [0.5, 0.6) is 0 Å². The quantitative estimate of drug-likeness (QED) is 0.102. The number of carboxylic acids is 1. The van der Waals surface area contributed by atoms with Gasteiger partial charge in [-0.2, -0.15) is 18.3 Å². The van der Waals surface area contributed by atoms with E-state index in [0.717, 1.165) is 17.1 Å². The number of carbonyl (C=O) groups excluding carboxylic acids is 4. The van der Waals surface area contributed by atoms with Crippen molar-refractivity contribution in [2.24, 2.45) is 24.4 Å². The fourth-order valence-electron chi connectivity index (χ4n) is 8.38. The van der Waals surface area contributed by atoms with Gasteiger partial charge < -0.3 is 45.7 Å². The maximum atomic E-state index is 14.4. The predicted molar refractivity (Wildman–Crippen MR) is 224 cm³/mol. The Morgan fingerprint density at radius 1 is 1.03 bits per heavy atom. The Balaban J connectivity index is 0.979. The standard InChI is InChI=1S/C41H46ClF3N12O6/c1-53-32(28-22-56(52-36(28)41(43,44)45)34-8-6-30-31(51-34)20-26(49-30)4-7-33(47)58)21-48-37(53)38(61)50-25-3-5-27(29(42)19-25)40(63)55-14-12-54(13-15-55)39(62)24-9-17-57(18-10-24,16-2-11-46)23-35(59)60/h3,5-6,8,19-22,24H,2,4,7,9-18,23,46H2,1H3,(H4-,47,49,50,51,58,59,60,61,63)/p+1. The van der Waals surface area contributed by atoms with Gasteiger partial charge >= 0.3 is 12.1 Å². The lowest BCUT2D eigenvalue weighted by atomic mass is 9.92. The number of nitrogens with zero attached hydrogens (tertiary/aromatic N) is 8. The van der Waals surface area contributed by atoms with Crippen LogP contribution in [0.25, 0.3) is 28.1 Å². The second-order valence-corrected chi connectivity index (χ2v) is 16.4.